The van der Waals surface area contributed by atoms with Gasteiger partial charge in [-0.25, -0.2) is 0 Å². The van der Waals surface area contributed by atoms with Crippen LogP contribution < -0.4 is 5.43 Å². The second-order valence-corrected chi connectivity index (χ2v) is 4.53. The highest BCUT2D eigenvalue weighted by molar-refractivity contribution is 14.1. The highest BCUT2D eigenvalue weighted by Crippen LogP contribution is 2.17. The zero-order valence-electron chi connectivity index (χ0n) is 8.02. The fourth-order valence-corrected chi connectivity index (χ4v) is 2.13. The zero-order valence-corrected chi connectivity index (χ0v) is 10.2. The summed E-state index contributed by atoms with van der Waals surface area (Å²) in [7, 11) is 0. The summed E-state index contributed by atoms with van der Waals surface area (Å²) in [4.78, 5) is 15.1. The molecule has 2 aromatic rings. The number of rotatable bonds is 0. The average molecular weight is 299 g/mol. The van der Waals surface area contributed by atoms with Crippen molar-refractivity contribution in [3.05, 3.63) is 43.2 Å². The summed E-state index contributed by atoms with van der Waals surface area (Å²) in [5.41, 5.74) is 2.84. The first kappa shape index (κ1) is 9.71. The SMILES string of the molecule is Cc1[nH]c2c(I)cccc2c(=O)c1C. The van der Waals surface area contributed by atoms with E-state index in [0.29, 0.717) is 0 Å². The number of pyridine rings is 1. The molecule has 1 aromatic carbocycles. The van der Waals surface area contributed by atoms with Crippen molar-refractivity contribution in [1.29, 1.82) is 0 Å². The predicted molar refractivity (Wildman–Crippen MR) is 66.8 cm³/mol. The summed E-state index contributed by atoms with van der Waals surface area (Å²) >= 11 is 2.23. The minimum atomic E-state index is 0.134. The Balaban J connectivity index is 3.06. The number of aromatic amines is 1. The van der Waals surface area contributed by atoms with Crippen LogP contribution in [0.15, 0.2) is 23.0 Å². The Morgan fingerprint density at radius 1 is 1.29 bits per heavy atom. The van der Waals surface area contributed by atoms with Crippen LogP contribution in [0.4, 0.5) is 0 Å². The van der Waals surface area contributed by atoms with Gasteiger partial charge in [0.15, 0.2) is 5.43 Å². The van der Waals surface area contributed by atoms with E-state index in [1.54, 1.807) is 0 Å². The van der Waals surface area contributed by atoms with Crippen LogP contribution in [-0.4, -0.2) is 4.98 Å². The van der Waals surface area contributed by atoms with Gasteiger partial charge in [0.25, 0.3) is 0 Å². The van der Waals surface area contributed by atoms with Crippen LogP contribution in [0.5, 0.6) is 0 Å². The molecule has 2 rings (SSSR count). The third-order valence-electron chi connectivity index (χ3n) is 2.47. The van der Waals surface area contributed by atoms with E-state index in [1.165, 1.54) is 0 Å². The van der Waals surface area contributed by atoms with Crippen molar-refractivity contribution >= 4 is 33.5 Å². The van der Waals surface area contributed by atoms with Crippen LogP contribution >= 0.6 is 22.6 Å². The summed E-state index contributed by atoms with van der Waals surface area (Å²) < 4.78 is 1.08. The molecule has 0 amide bonds. The van der Waals surface area contributed by atoms with Crippen LogP contribution in [0.3, 0.4) is 0 Å². The van der Waals surface area contributed by atoms with Gasteiger partial charge in [-0.3, -0.25) is 4.79 Å². The number of H-pyrrole nitrogens is 1. The monoisotopic (exact) mass is 299 g/mol. The number of para-hydroxylation sites is 1. The summed E-state index contributed by atoms with van der Waals surface area (Å²) in [6.45, 7) is 3.78. The van der Waals surface area contributed by atoms with Crippen molar-refractivity contribution in [1.82, 2.24) is 4.98 Å². The maximum Gasteiger partial charge on any atom is 0.192 e. The van der Waals surface area contributed by atoms with E-state index >= 15 is 0 Å². The van der Waals surface area contributed by atoms with Gasteiger partial charge in [0, 0.05) is 20.2 Å². The molecule has 0 unspecified atom stereocenters. The van der Waals surface area contributed by atoms with Gasteiger partial charge >= 0.3 is 0 Å². The van der Waals surface area contributed by atoms with E-state index in [-0.39, 0.29) is 5.43 Å². The van der Waals surface area contributed by atoms with Crippen LogP contribution in [-0.2, 0) is 0 Å². The highest BCUT2D eigenvalue weighted by atomic mass is 127. The first-order chi connectivity index (χ1) is 6.61. The molecular formula is C11H10INO. The molecule has 72 valence electrons. The first-order valence-corrected chi connectivity index (χ1v) is 5.47. The number of aryl methyl sites for hydroxylation is 1. The van der Waals surface area contributed by atoms with E-state index in [9.17, 15) is 4.79 Å². The van der Waals surface area contributed by atoms with E-state index in [4.69, 9.17) is 0 Å². The van der Waals surface area contributed by atoms with Gasteiger partial charge in [0.2, 0.25) is 0 Å². The average Bonchev–Trinajstić information content (AvgIpc) is 2.17. The van der Waals surface area contributed by atoms with Crippen LogP contribution in [0.1, 0.15) is 11.3 Å². The molecule has 0 aliphatic rings. The molecule has 2 nitrogen and oxygen atoms in total. The van der Waals surface area contributed by atoms with Gasteiger partial charge in [0.1, 0.15) is 0 Å². The number of halogens is 1. The zero-order chi connectivity index (χ0) is 10.3. The Morgan fingerprint density at radius 3 is 2.71 bits per heavy atom. The third kappa shape index (κ3) is 1.35. The molecule has 0 atom stereocenters. The molecule has 0 spiro atoms. The number of nitrogens with one attached hydrogen (secondary N) is 1. The van der Waals surface area contributed by atoms with E-state index in [0.717, 1.165) is 25.7 Å². The summed E-state index contributed by atoms with van der Waals surface area (Å²) in [6, 6.07) is 5.77. The molecule has 1 aromatic heterocycles. The molecule has 0 aliphatic carbocycles. The number of benzene rings is 1. The smallest absolute Gasteiger partial charge is 0.192 e. The van der Waals surface area contributed by atoms with Gasteiger partial charge in [0.05, 0.1) is 5.52 Å². The quantitative estimate of drug-likeness (QED) is 0.746. The second kappa shape index (κ2) is 3.38. The van der Waals surface area contributed by atoms with Crippen molar-refractivity contribution in [2.75, 3.05) is 0 Å². The van der Waals surface area contributed by atoms with E-state index in [1.807, 2.05) is 32.0 Å². The van der Waals surface area contributed by atoms with Crippen LogP contribution in [0.2, 0.25) is 0 Å². The lowest BCUT2D eigenvalue weighted by atomic mass is 10.1. The van der Waals surface area contributed by atoms with Gasteiger partial charge in [-0.15, -0.1) is 0 Å². The molecule has 14 heavy (non-hydrogen) atoms. The molecule has 0 bridgehead atoms. The maximum atomic E-state index is 11.9. The lowest BCUT2D eigenvalue weighted by Crippen LogP contribution is -2.09. The minimum Gasteiger partial charge on any atom is -0.357 e. The number of fused-ring (bicyclic) bond motifs is 1. The largest absolute Gasteiger partial charge is 0.357 e. The fraction of sp³-hybridized carbons (Fsp3) is 0.182. The van der Waals surface area contributed by atoms with Gasteiger partial charge in [-0.2, -0.15) is 0 Å². The third-order valence-corrected chi connectivity index (χ3v) is 3.37. The molecule has 0 saturated heterocycles. The standard InChI is InChI=1S/C11H10INO/c1-6-7(2)13-10-8(11(6)14)4-3-5-9(10)12/h3-5H,1-2H3,(H,13,14). The highest BCUT2D eigenvalue weighted by Gasteiger charge is 2.06. The first-order valence-electron chi connectivity index (χ1n) is 4.39. The molecular weight excluding hydrogens is 289 g/mol. The fourth-order valence-electron chi connectivity index (χ4n) is 1.49. The minimum absolute atomic E-state index is 0.134. The van der Waals surface area contributed by atoms with Crippen molar-refractivity contribution in [3.63, 3.8) is 0 Å². The summed E-state index contributed by atoms with van der Waals surface area (Å²) in [5, 5.41) is 0.778. The normalized spacial score (nSPS) is 10.8. The number of hydrogen-bond acceptors (Lipinski definition) is 1. The molecule has 0 saturated carbocycles. The number of hydrogen-bond donors (Lipinski definition) is 1. The lowest BCUT2D eigenvalue weighted by molar-refractivity contribution is 1.17. The molecule has 0 radical (unpaired) electrons. The predicted octanol–water partition coefficient (Wildman–Crippen LogP) is 2.75. The van der Waals surface area contributed by atoms with Crippen molar-refractivity contribution in [2.24, 2.45) is 0 Å². The van der Waals surface area contributed by atoms with Crippen molar-refractivity contribution < 1.29 is 0 Å². The van der Waals surface area contributed by atoms with Gasteiger partial charge < -0.3 is 4.98 Å². The van der Waals surface area contributed by atoms with Gasteiger partial charge in [-0.1, -0.05) is 6.07 Å². The van der Waals surface area contributed by atoms with Gasteiger partial charge in [-0.05, 0) is 48.6 Å². The number of aromatic nitrogens is 1. The summed E-state index contributed by atoms with van der Waals surface area (Å²) in [5.74, 6) is 0. The molecule has 0 fully saturated rings. The van der Waals surface area contributed by atoms with Crippen molar-refractivity contribution in [2.45, 2.75) is 13.8 Å². The van der Waals surface area contributed by atoms with E-state index < -0.39 is 0 Å². The molecule has 1 N–H and O–H groups in total. The Bertz CT molecular complexity index is 557. The Morgan fingerprint density at radius 2 is 2.00 bits per heavy atom. The summed E-state index contributed by atoms with van der Waals surface area (Å²) in [6.07, 6.45) is 0. The molecule has 1 heterocycles. The van der Waals surface area contributed by atoms with E-state index in [2.05, 4.69) is 27.6 Å². The molecule has 0 aliphatic heterocycles. The van der Waals surface area contributed by atoms with Crippen LogP contribution in [0.25, 0.3) is 10.9 Å². The second-order valence-electron chi connectivity index (χ2n) is 3.37. The Kier molecular flexibility index (Phi) is 2.34. The van der Waals surface area contributed by atoms with Crippen LogP contribution in [0, 0.1) is 17.4 Å². The van der Waals surface area contributed by atoms with Crippen molar-refractivity contribution in [3.8, 4) is 0 Å². The topological polar surface area (TPSA) is 32.9 Å². The Hall–Kier alpha value is -0.840. The maximum absolute atomic E-state index is 11.9. The lowest BCUT2D eigenvalue weighted by Gasteiger charge is -2.05. The molecule has 3 heteroatoms. The Labute approximate surface area is 95.5 Å².